The van der Waals surface area contributed by atoms with Crippen LogP contribution in [0.4, 0.5) is 4.39 Å². The van der Waals surface area contributed by atoms with Crippen LogP contribution in [-0.2, 0) is 26.1 Å². The van der Waals surface area contributed by atoms with Crippen molar-refractivity contribution < 1.29 is 4.39 Å². The first-order valence-electron chi connectivity index (χ1n) is 9.38. The Morgan fingerprint density at radius 1 is 0.929 bits per heavy atom. The van der Waals surface area contributed by atoms with E-state index in [2.05, 4.69) is 46.4 Å². The second kappa shape index (κ2) is 9.95. The van der Waals surface area contributed by atoms with Gasteiger partial charge >= 0.3 is 0 Å². The fourth-order valence-corrected chi connectivity index (χ4v) is 3.11. The van der Waals surface area contributed by atoms with Crippen molar-refractivity contribution in [3.8, 4) is 0 Å². The molecule has 0 aliphatic rings. The summed E-state index contributed by atoms with van der Waals surface area (Å²) in [6.45, 7) is 4.07. The number of hydrogen-bond acceptors (Lipinski definition) is 2. The van der Waals surface area contributed by atoms with Crippen LogP contribution in [0.2, 0.25) is 0 Å². The average molecular weight is 394 g/mol. The predicted octanol–water partition coefficient (Wildman–Crippen LogP) is 4.86. The van der Waals surface area contributed by atoms with Gasteiger partial charge in [-0.2, -0.15) is 0 Å². The molecule has 28 heavy (non-hydrogen) atoms. The molecule has 0 saturated carbocycles. The van der Waals surface area contributed by atoms with Gasteiger partial charge < -0.3 is 10.2 Å². The normalized spacial score (nSPS) is 10.5. The summed E-state index contributed by atoms with van der Waals surface area (Å²) in [7, 11) is 0. The first kappa shape index (κ1) is 20.0. The van der Waals surface area contributed by atoms with Gasteiger partial charge in [-0.3, -0.25) is 4.98 Å². The van der Waals surface area contributed by atoms with Crippen molar-refractivity contribution in [2.45, 2.75) is 33.0 Å². The van der Waals surface area contributed by atoms with Crippen LogP contribution >= 0.6 is 12.2 Å². The summed E-state index contributed by atoms with van der Waals surface area (Å²) >= 11 is 5.67. The number of pyridine rings is 1. The van der Waals surface area contributed by atoms with Gasteiger partial charge in [0.2, 0.25) is 0 Å². The quantitative estimate of drug-likeness (QED) is 0.580. The van der Waals surface area contributed by atoms with Gasteiger partial charge in [0.1, 0.15) is 5.82 Å². The maximum atomic E-state index is 13.1. The highest BCUT2D eigenvalue weighted by molar-refractivity contribution is 7.80. The number of nitrogens with zero attached hydrogens (tertiary/aromatic N) is 2. The summed E-state index contributed by atoms with van der Waals surface area (Å²) in [5, 5.41) is 3.96. The van der Waals surface area contributed by atoms with E-state index < -0.39 is 0 Å². The molecule has 3 aromatic rings. The van der Waals surface area contributed by atoms with Gasteiger partial charge in [-0.1, -0.05) is 49.4 Å². The van der Waals surface area contributed by atoms with Crippen molar-refractivity contribution in [3.05, 3.63) is 101 Å². The van der Waals surface area contributed by atoms with E-state index in [9.17, 15) is 4.39 Å². The molecule has 0 bridgehead atoms. The minimum atomic E-state index is -0.236. The van der Waals surface area contributed by atoms with E-state index in [1.165, 1.54) is 23.3 Å². The van der Waals surface area contributed by atoms with Gasteiger partial charge in [0.05, 0.1) is 0 Å². The minimum Gasteiger partial charge on any atom is -0.358 e. The lowest BCUT2D eigenvalue weighted by molar-refractivity contribution is 0.398. The monoisotopic (exact) mass is 393 g/mol. The standard InChI is InChI=1S/C23H24FN3S/c1-2-18-5-7-20(8-6-18)16-27(17-21-4-3-13-25-14-21)23(28)26-15-19-9-11-22(24)12-10-19/h3-14H,2,15-17H2,1H3,(H,26,28). The van der Waals surface area contributed by atoms with E-state index in [-0.39, 0.29) is 5.82 Å². The molecule has 2 aromatic carbocycles. The van der Waals surface area contributed by atoms with E-state index in [0.29, 0.717) is 24.7 Å². The highest BCUT2D eigenvalue weighted by Gasteiger charge is 2.12. The zero-order valence-electron chi connectivity index (χ0n) is 15.9. The Balaban J connectivity index is 1.70. The molecule has 0 amide bonds. The maximum Gasteiger partial charge on any atom is 0.169 e. The number of nitrogens with one attached hydrogen (secondary N) is 1. The Labute approximate surface area is 171 Å². The SMILES string of the molecule is CCc1ccc(CN(Cc2cccnc2)C(=S)NCc2ccc(F)cc2)cc1. The van der Waals surface area contributed by atoms with Crippen molar-refractivity contribution in [3.63, 3.8) is 0 Å². The lowest BCUT2D eigenvalue weighted by Gasteiger charge is -2.26. The third-order valence-corrected chi connectivity index (χ3v) is 4.95. The zero-order valence-corrected chi connectivity index (χ0v) is 16.8. The van der Waals surface area contributed by atoms with Crippen molar-refractivity contribution >= 4 is 17.3 Å². The average Bonchev–Trinajstić information content (AvgIpc) is 2.74. The molecule has 1 aromatic heterocycles. The number of thiocarbonyl (C=S) groups is 1. The first-order chi connectivity index (χ1) is 13.6. The van der Waals surface area contributed by atoms with Gasteiger partial charge in [0, 0.05) is 32.0 Å². The molecular weight excluding hydrogens is 369 g/mol. The molecule has 1 N–H and O–H groups in total. The predicted molar refractivity (Wildman–Crippen MR) is 115 cm³/mol. The molecule has 0 aliphatic carbocycles. The number of aromatic nitrogens is 1. The van der Waals surface area contributed by atoms with Gasteiger partial charge in [-0.25, -0.2) is 4.39 Å². The summed E-state index contributed by atoms with van der Waals surface area (Å²) in [6.07, 6.45) is 4.65. The van der Waals surface area contributed by atoms with Crippen LogP contribution in [0.15, 0.2) is 73.1 Å². The third-order valence-electron chi connectivity index (χ3n) is 4.55. The Bertz CT molecular complexity index is 880. The molecular formula is C23H24FN3S. The van der Waals surface area contributed by atoms with Crippen molar-refractivity contribution in [2.24, 2.45) is 0 Å². The number of benzene rings is 2. The Kier molecular flexibility index (Phi) is 7.09. The molecule has 5 heteroatoms. The van der Waals surface area contributed by atoms with Gasteiger partial charge in [-0.05, 0) is 59.1 Å². The molecule has 0 saturated heterocycles. The van der Waals surface area contributed by atoms with Gasteiger partial charge in [0.15, 0.2) is 5.11 Å². The molecule has 0 unspecified atom stereocenters. The van der Waals surface area contributed by atoms with Gasteiger partial charge in [-0.15, -0.1) is 0 Å². The van der Waals surface area contributed by atoms with Crippen LogP contribution in [-0.4, -0.2) is 15.0 Å². The fourth-order valence-electron chi connectivity index (χ4n) is 2.90. The molecule has 0 fully saturated rings. The number of rotatable bonds is 7. The summed E-state index contributed by atoms with van der Waals surface area (Å²) in [6, 6.07) is 19.0. The second-order valence-electron chi connectivity index (χ2n) is 6.67. The van der Waals surface area contributed by atoms with E-state index >= 15 is 0 Å². The molecule has 3 nitrogen and oxygen atoms in total. The molecule has 0 spiro atoms. The Hall–Kier alpha value is -2.79. The highest BCUT2D eigenvalue weighted by atomic mass is 32.1. The molecule has 0 atom stereocenters. The van der Waals surface area contributed by atoms with Crippen molar-refractivity contribution in [2.75, 3.05) is 0 Å². The van der Waals surface area contributed by atoms with E-state index in [1.807, 2.05) is 18.3 Å². The zero-order chi connectivity index (χ0) is 19.8. The molecule has 0 aliphatic heterocycles. The van der Waals surface area contributed by atoms with Crippen LogP contribution in [0.1, 0.15) is 29.2 Å². The maximum absolute atomic E-state index is 13.1. The number of hydrogen-bond donors (Lipinski definition) is 1. The van der Waals surface area contributed by atoms with Crippen LogP contribution in [0, 0.1) is 5.82 Å². The van der Waals surface area contributed by atoms with E-state index in [0.717, 1.165) is 17.5 Å². The highest BCUT2D eigenvalue weighted by Crippen LogP contribution is 2.12. The Morgan fingerprint density at radius 2 is 1.57 bits per heavy atom. The van der Waals surface area contributed by atoms with Crippen molar-refractivity contribution in [1.29, 1.82) is 0 Å². The second-order valence-corrected chi connectivity index (χ2v) is 7.06. The van der Waals surface area contributed by atoms with E-state index in [4.69, 9.17) is 12.2 Å². The van der Waals surface area contributed by atoms with Crippen LogP contribution in [0.25, 0.3) is 0 Å². The van der Waals surface area contributed by atoms with Gasteiger partial charge in [0.25, 0.3) is 0 Å². The Morgan fingerprint density at radius 3 is 2.21 bits per heavy atom. The summed E-state index contributed by atoms with van der Waals surface area (Å²) in [4.78, 5) is 6.32. The smallest absolute Gasteiger partial charge is 0.169 e. The molecule has 0 radical (unpaired) electrons. The van der Waals surface area contributed by atoms with E-state index in [1.54, 1.807) is 18.3 Å². The summed E-state index contributed by atoms with van der Waals surface area (Å²) in [5.41, 5.74) is 4.60. The number of halogens is 1. The van der Waals surface area contributed by atoms with Crippen molar-refractivity contribution in [1.82, 2.24) is 15.2 Å². The topological polar surface area (TPSA) is 28.2 Å². The fraction of sp³-hybridized carbons (Fsp3) is 0.217. The van der Waals surface area contributed by atoms with Crippen LogP contribution in [0.5, 0.6) is 0 Å². The lowest BCUT2D eigenvalue weighted by Crippen LogP contribution is -2.38. The first-order valence-corrected chi connectivity index (χ1v) is 9.79. The van der Waals surface area contributed by atoms with Crippen LogP contribution in [0.3, 0.4) is 0 Å². The summed E-state index contributed by atoms with van der Waals surface area (Å²) in [5.74, 6) is -0.236. The molecule has 1 heterocycles. The largest absolute Gasteiger partial charge is 0.358 e. The number of aryl methyl sites for hydroxylation is 1. The molecule has 144 valence electrons. The van der Waals surface area contributed by atoms with Crippen LogP contribution < -0.4 is 5.32 Å². The summed E-state index contributed by atoms with van der Waals surface area (Å²) < 4.78 is 13.1. The third kappa shape index (κ3) is 5.86. The lowest BCUT2D eigenvalue weighted by atomic mass is 10.1. The molecule has 3 rings (SSSR count). The minimum absolute atomic E-state index is 0.236.